The average Bonchev–Trinajstić information content (AvgIpc) is 2.57. The molecule has 1 aliphatic heterocycles. The highest BCUT2D eigenvalue weighted by Crippen LogP contribution is 2.38. The third kappa shape index (κ3) is 1.22. The molecule has 0 aromatic carbocycles. The second kappa shape index (κ2) is 3.20. The van der Waals surface area contributed by atoms with Gasteiger partial charge in [-0.3, -0.25) is 0 Å². The largest absolute Gasteiger partial charge is 0.360 e. The minimum Gasteiger partial charge on any atom is -0.242 e. The molecule has 2 aromatic heterocycles. The minimum atomic E-state index is 0.0325. The molecular formula is C11H10N3OS+. The summed E-state index contributed by atoms with van der Waals surface area (Å²) in [7, 11) is 0. The number of hydrogen-bond acceptors (Lipinski definition) is 4. The number of nitrogens with two attached hydrogens (primary N) is 1. The summed E-state index contributed by atoms with van der Waals surface area (Å²) in [5.74, 6) is 0.0325. The number of pyridine rings is 1. The number of amides is 1. The summed E-state index contributed by atoms with van der Waals surface area (Å²) in [5, 5.41) is 2.52. The zero-order chi connectivity index (χ0) is 11.3. The van der Waals surface area contributed by atoms with Gasteiger partial charge in [0.15, 0.2) is 11.2 Å². The van der Waals surface area contributed by atoms with Crippen molar-refractivity contribution in [2.75, 3.05) is 0 Å². The molecule has 5 heteroatoms. The number of nitrogens with zero attached hydrogens (tertiary/aromatic N) is 2. The molecule has 0 atom stereocenters. The number of aromatic nitrogens is 1. The van der Waals surface area contributed by atoms with Gasteiger partial charge in [-0.2, -0.15) is 0 Å². The molecule has 3 heterocycles. The van der Waals surface area contributed by atoms with E-state index in [1.165, 1.54) is 16.7 Å². The second-order valence-electron chi connectivity index (χ2n) is 3.85. The molecule has 16 heavy (non-hydrogen) atoms. The summed E-state index contributed by atoms with van der Waals surface area (Å²) in [4.78, 5) is 22.0. The van der Waals surface area contributed by atoms with Crippen LogP contribution in [0.1, 0.15) is 20.9 Å². The van der Waals surface area contributed by atoms with Crippen LogP contribution in [0.2, 0.25) is 0 Å². The molecule has 1 amide bonds. The van der Waals surface area contributed by atoms with Crippen molar-refractivity contribution in [1.82, 2.24) is 4.98 Å². The summed E-state index contributed by atoms with van der Waals surface area (Å²) in [5.41, 5.74) is 2.90. The van der Waals surface area contributed by atoms with E-state index in [-0.39, 0.29) is 5.91 Å². The Morgan fingerprint density at radius 3 is 3.00 bits per heavy atom. The van der Waals surface area contributed by atoms with Crippen molar-refractivity contribution in [1.29, 1.82) is 0 Å². The van der Waals surface area contributed by atoms with Crippen LogP contribution >= 0.6 is 11.3 Å². The van der Waals surface area contributed by atoms with Gasteiger partial charge in [0.05, 0.1) is 0 Å². The van der Waals surface area contributed by atoms with Crippen LogP contribution in [0.25, 0.3) is 10.2 Å². The summed E-state index contributed by atoms with van der Waals surface area (Å²) in [6.45, 7) is 3.99. The van der Waals surface area contributed by atoms with Crippen LogP contribution in [-0.2, 0) is 0 Å². The highest BCUT2D eigenvalue weighted by Gasteiger charge is 2.25. The Balaban J connectivity index is 2.46. The van der Waals surface area contributed by atoms with E-state index in [2.05, 4.69) is 9.98 Å². The number of thiophene rings is 1. The lowest BCUT2D eigenvalue weighted by atomic mass is 10.1. The topological polar surface area (TPSA) is 58.9 Å². The summed E-state index contributed by atoms with van der Waals surface area (Å²) in [6, 6.07) is 2.02. The van der Waals surface area contributed by atoms with Gasteiger partial charge in [-0.1, -0.05) is 0 Å². The van der Waals surface area contributed by atoms with E-state index in [0.717, 1.165) is 27.2 Å². The lowest BCUT2D eigenvalue weighted by molar-refractivity contribution is -0.420. The van der Waals surface area contributed by atoms with E-state index < -0.39 is 0 Å². The van der Waals surface area contributed by atoms with Gasteiger partial charge in [-0.05, 0) is 25.5 Å². The summed E-state index contributed by atoms with van der Waals surface area (Å²) >= 11 is 1.43. The predicted octanol–water partition coefficient (Wildman–Crippen LogP) is 1.29. The van der Waals surface area contributed by atoms with Crippen molar-refractivity contribution in [2.45, 2.75) is 13.8 Å². The van der Waals surface area contributed by atoms with Crippen LogP contribution in [0.4, 0.5) is 5.69 Å². The number of carbonyl (C=O) groups excluding carboxylic acids is 1. The molecule has 0 unspecified atom stereocenters. The van der Waals surface area contributed by atoms with Gasteiger partial charge in [-0.15, -0.1) is 11.3 Å². The molecule has 80 valence electrons. The monoisotopic (exact) mass is 232 g/mol. The maximum atomic E-state index is 11.7. The maximum Gasteiger partial charge on any atom is 0.360 e. The van der Waals surface area contributed by atoms with Gasteiger partial charge in [0.1, 0.15) is 10.5 Å². The van der Waals surface area contributed by atoms with Crippen LogP contribution in [0.5, 0.6) is 0 Å². The maximum absolute atomic E-state index is 11.7. The van der Waals surface area contributed by atoms with Crippen molar-refractivity contribution in [3.63, 3.8) is 0 Å². The van der Waals surface area contributed by atoms with Crippen LogP contribution in [0.15, 0.2) is 11.1 Å². The molecule has 3 rings (SSSR count). The first-order valence-electron chi connectivity index (χ1n) is 4.99. The second-order valence-corrected chi connectivity index (χ2v) is 4.85. The molecular weight excluding hydrogens is 222 g/mol. The third-order valence-electron chi connectivity index (χ3n) is 2.62. The minimum absolute atomic E-state index is 0.0325. The van der Waals surface area contributed by atoms with E-state index >= 15 is 0 Å². The molecule has 1 aliphatic rings. The molecule has 0 radical (unpaired) electrons. The fourth-order valence-corrected chi connectivity index (χ4v) is 3.13. The fraction of sp³-hybridized carbons (Fsp3) is 0.182. The number of hydrogen-bond donors (Lipinski definition) is 1. The Morgan fingerprint density at radius 1 is 1.38 bits per heavy atom. The predicted molar refractivity (Wildman–Crippen MR) is 63.5 cm³/mol. The molecule has 0 spiro atoms. The smallest absolute Gasteiger partial charge is 0.242 e. The van der Waals surface area contributed by atoms with Crippen LogP contribution in [0.3, 0.4) is 0 Å². The van der Waals surface area contributed by atoms with E-state index in [1.54, 1.807) is 6.34 Å². The molecule has 0 saturated carbocycles. The Kier molecular flexibility index (Phi) is 1.92. The van der Waals surface area contributed by atoms with E-state index in [0.29, 0.717) is 4.88 Å². The highest BCUT2D eigenvalue weighted by atomic mass is 32.1. The number of quaternary nitrogens is 1. The molecule has 0 aliphatic carbocycles. The van der Waals surface area contributed by atoms with Crippen molar-refractivity contribution >= 4 is 39.5 Å². The molecule has 0 saturated heterocycles. The third-order valence-corrected chi connectivity index (χ3v) is 3.70. The van der Waals surface area contributed by atoms with Crippen molar-refractivity contribution < 1.29 is 10.1 Å². The molecule has 0 fully saturated rings. The zero-order valence-electron chi connectivity index (χ0n) is 8.94. The van der Waals surface area contributed by atoms with Gasteiger partial charge in [0.2, 0.25) is 0 Å². The Bertz CT molecular complexity index is 642. The van der Waals surface area contributed by atoms with Crippen molar-refractivity contribution in [3.8, 4) is 0 Å². The van der Waals surface area contributed by atoms with Gasteiger partial charge in [0.25, 0.3) is 0 Å². The van der Waals surface area contributed by atoms with Gasteiger partial charge in [0, 0.05) is 11.1 Å². The number of primary amides is 1. The number of aliphatic imine (C=N–C) groups is 1. The SMILES string of the molecule is Cc1cc(C)c2c3c(sc2n1)C(=O)[NH2+]C=N3. The molecule has 2 N–H and O–H groups in total. The van der Waals surface area contributed by atoms with Crippen LogP contribution < -0.4 is 5.32 Å². The first-order valence-corrected chi connectivity index (χ1v) is 5.81. The van der Waals surface area contributed by atoms with Crippen LogP contribution in [-0.4, -0.2) is 17.2 Å². The lowest BCUT2D eigenvalue weighted by Crippen LogP contribution is -2.87. The van der Waals surface area contributed by atoms with E-state index in [9.17, 15) is 4.79 Å². The van der Waals surface area contributed by atoms with Gasteiger partial charge >= 0.3 is 5.91 Å². The highest BCUT2D eigenvalue weighted by molar-refractivity contribution is 7.21. The lowest BCUT2D eigenvalue weighted by Gasteiger charge is -2.01. The standard InChI is InChI=1S/C11H9N3OS/c1-5-3-6(2)14-11-7(5)8-9(16-11)10(15)13-4-12-8/h3-4H,1-2H3,(H,12,13,15)/p+1. The number of carbonyl (C=O) groups is 1. The molecule has 0 bridgehead atoms. The Hall–Kier alpha value is -1.59. The number of rotatable bonds is 0. The molecule has 2 aromatic rings. The van der Waals surface area contributed by atoms with Gasteiger partial charge < -0.3 is 0 Å². The van der Waals surface area contributed by atoms with Crippen LogP contribution in [0, 0.1) is 13.8 Å². The van der Waals surface area contributed by atoms with E-state index in [1.807, 2.05) is 19.9 Å². The first-order chi connectivity index (χ1) is 7.66. The van der Waals surface area contributed by atoms with Crippen molar-refractivity contribution in [3.05, 3.63) is 22.2 Å². The first kappa shape index (κ1) is 9.62. The Labute approximate surface area is 96.0 Å². The zero-order valence-corrected chi connectivity index (χ0v) is 9.76. The quantitative estimate of drug-likeness (QED) is 0.744. The fourth-order valence-electron chi connectivity index (χ4n) is 1.97. The van der Waals surface area contributed by atoms with Gasteiger partial charge in [-0.25, -0.2) is 20.1 Å². The van der Waals surface area contributed by atoms with E-state index in [4.69, 9.17) is 0 Å². The Morgan fingerprint density at radius 2 is 2.19 bits per heavy atom. The van der Waals surface area contributed by atoms with Crippen molar-refractivity contribution in [2.24, 2.45) is 4.99 Å². The summed E-state index contributed by atoms with van der Waals surface area (Å²) < 4.78 is 0. The average molecular weight is 232 g/mol. The number of aryl methyl sites for hydroxylation is 2. The normalized spacial score (nSPS) is 14.5. The molecule has 4 nitrogen and oxygen atoms in total. The number of fused-ring (bicyclic) bond motifs is 3. The summed E-state index contributed by atoms with van der Waals surface area (Å²) in [6.07, 6.45) is 1.57.